The molecule has 0 aliphatic heterocycles. The molecule has 0 aliphatic carbocycles. The third kappa shape index (κ3) is 6.01. The van der Waals surface area contributed by atoms with Crippen molar-refractivity contribution in [1.82, 2.24) is 15.6 Å². The van der Waals surface area contributed by atoms with Crippen LogP contribution in [-0.2, 0) is 6.42 Å². The Balaban J connectivity index is 1.86. The fourth-order valence-corrected chi connectivity index (χ4v) is 2.27. The largest absolute Gasteiger partial charge is 0.386 e. The lowest BCUT2D eigenvalue weighted by Gasteiger charge is -2.13. The van der Waals surface area contributed by atoms with Crippen molar-refractivity contribution in [3.05, 3.63) is 65.5 Å². The third-order valence-corrected chi connectivity index (χ3v) is 3.63. The summed E-state index contributed by atoms with van der Waals surface area (Å²) in [6.07, 6.45) is 2.02. The second-order valence-corrected chi connectivity index (χ2v) is 5.64. The van der Waals surface area contributed by atoms with Crippen LogP contribution < -0.4 is 10.6 Å². The van der Waals surface area contributed by atoms with Crippen molar-refractivity contribution in [2.75, 3.05) is 19.6 Å². The van der Waals surface area contributed by atoms with Crippen LogP contribution in [0.4, 0.5) is 0 Å². The normalized spacial score (nSPS) is 12.7. The Hall–Kier alpha value is -2.40. The quantitative estimate of drug-likeness (QED) is 0.539. The molecule has 24 heavy (non-hydrogen) atoms. The molecule has 128 valence electrons. The number of aliphatic imine (C=N–C) groups is 1. The van der Waals surface area contributed by atoms with E-state index in [1.54, 1.807) is 6.20 Å². The van der Waals surface area contributed by atoms with Gasteiger partial charge in [0.05, 0.1) is 12.6 Å². The summed E-state index contributed by atoms with van der Waals surface area (Å²) in [6.45, 7) is 5.89. The van der Waals surface area contributed by atoms with Gasteiger partial charge in [0.1, 0.15) is 0 Å². The maximum Gasteiger partial charge on any atom is 0.191 e. The average molecular weight is 326 g/mol. The molecular formula is C19H26N4O. The molecule has 0 aliphatic rings. The van der Waals surface area contributed by atoms with Crippen molar-refractivity contribution in [3.8, 4) is 0 Å². The van der Waals surface area contributed by atoms with E-state index in [2.05, 4.69) is 20.6 Å². The van der Waals surface area contributed by atoms with E-state index in [9.17, 15) is 5.11 Å². The first-order valence-corrected chi connectivity index (χ1v) is 8.35. The molecule has 0 amide bonds. The summed E-state index contributed by atoms with van der Waals surface area (Å²) in [6, 6.07) is 13.8. The highest BCUT2D eigenvalue weighted by Gasteiger charge is 2.07. The molecule has 5 nitrogen and oxygen atoms in total. The van der Waals surface area contributed by atoms with Gasteiger partial charge in [-0.05, 0) is 31.5 Å². The predicted molar refractivity (Wildman–Crippen MR) is 98.1 cm³/mol. The topological polar surface area (TPSA) is 69.5 Å². The van der Waals surface area contributed by atoms with Gasteiger partial charge in [0.2, 0.25) is 0 Å². The van der Waals surface area contributed by atoms with E-state index in [4.69, 9.17) is 0 Å². The van der Waals surface area contributed by atoms with Crippen LogP contribution in [0, 0.1) is 6.92 Å². The summed E-state index contributed by atoms with van der Waals surface area (Å²) in [4.78, 5) is 8.77. The monoisotopic (exact) mass is 326 g/mol. The number of aliphatic hydroxyl groups excluding tert-OH is 1. The molecule has 0 saturated carbocycles. The Morgan fingerprint density at radius 2 is 1.96 bits per heavy atom. The summed E-state index contributed by atoms with van der Waals surface area (Å²) < 4.78 is 0. The van der Waals surface area contributed by atoms with E-state index in [1.165, 1.54) is 5.56 Å². The number of pyridine rings is 1. The summed E-state index contributed by atoms with van der Waals surface area (Å²) in [5.74, 6) is 0.708. The first-order valence-electron chi connectivity index (χ1n) is 8.35. The van der Waals surface area contributed by atoms with E-state index in [0.717, 1.165) is 30.8 Å². The highest BCUT2D eigenvalue weighted by molar-refractivity contribution is 5.79. The van der Waals surface area contributed by atoms with Crippen LogP contribution in [0.5, 0.6) is 0 Å². The molecule has 1 unspecified atom stereocenters. The summed E-state index contributed by atoms with van der Waals surface area (Å²) in [5, 5.41) is 16.7. The van der Waals surface area contributed by atoms with E-state index in [-0.39, 0.29) is 0 Å². The van der Waals surface area contributed by atoms with Crippen molar-refractivity contribution in [3.63, 3.8) is 0 Å². The maximum absolute atomic E-state index is 10.3. The highest BCUT2D eigenvalue weighted by atomic mass is 16.3. The van der Waals surface area contributed by atoms with Crippen molar-refractivity contribution in [2.45, 2.75) is 26.4 Å². The zero-order chi connectivity index (χ0) is 17.2. The zero-order valence-corrected chi connectivity index (χ0v) is 14.4. The number of hydrogen-bond donors (Lipinski definition) is 3. The van der Waals surface area contributed by atoms with Crippen molar-refractivity contribution < 1.29 is 5.11 Å². The zero-order valence-electron chi connectivity index (χ0n) is 14.4. The average Bonchev–Trinajstić information content (AvgIpc) is 2.61. The number of aliphatic hydroxyl groups is 1. The summed E-state index contributed by atoms with van der Waals surface area (Å²) in [5.41, 5.74) is 3.10. The molecule has 0 fully saturated rings. The number of aryl methyl sites for hydroxylation is 1. The molecule has 0 saturated heterocycles. The minimum atomic E-state index is -0.600. The van der Waals surface area contributed by atoms with Crippen molar-refractivity contribution in [1.29, 1.82) is 0 Å². The predicted octanol–water partition coefficient (Wildman–Crippen LogP) is 2.22. The number of nitrogens with zero attached hydrogens (tertiary/aromatic N) is 2. The Labute approximate surface area is 143 Å². The molecule has 3 N–H and O–H groups in total. The molecule has 1 aromatic carbocycles. The fourth-order valence-electron chi connectivity index (χ4n) is 2.27. The van der Waals surface area contributed by atoms with Crippen LogP contribution in [0.1, 0.15) is 29.8 Å². The molecule has 2 aromatic rings. The molecule has 2 rings (SSSR count). The van der Waals surface area contributed by atoms with Crippen LogP contribution >= 0.6 is 0 Å². The van der Waals surface area contributed by atoms with Crippen LogP contribution in [-0.4, -0.2) is 35.7 Å². The van der Waals surface area contributed by atoms with Gasteiger partial charge in [0.15, 0.2) is 5.96 Å². The van der Waals surface area contributed by atoms with Gasteiger partial charge in [-0.1, -0.05) is 35.9 Å². The fraction of sp³-hybridized carbons (Fsp3) is 0.368. The van der Waals surface area contributed by atoms with Gasteiger partial charge in [-0.2, -0.15) is 0 Å². The minimum absolute atomic E-state index is 0.321. The van der Waals surface area contributed by atoms with Crippen LogP contribution in [0.2, 0.25) is 0 Å². The van der Waals surface area contributed by atoms with Crippen LogP contribution in [0.3, 0.4) is 0 Å². The summed E-state index contributed by atoms with van der Waals surface area (Å²) >= 11 is 0. The molecule has 1 atom stereocenters. The number of hydrogen-bond acceptors (Lipinski definition) is 3. The SMILES string of the molecule is CCNC(=NCC(O)c1ccc(C)cc1)NCCc1ccccn1. The molecule has 0 spiro atoms. The number of rotatable bonds is 7. The van der Waals surface area contributed by atoms with Gasteiger partial charge in [-0.3, -0.25) is 9.98 Å². The van der Waals surface area contributed by atoms with Gasteiger partial charge < -0.3 is 15.7 Å². The lowest BCUT2D eigenvalue weighted by Crippen LogP contribution is -2.38. The lowest BCUT2D eigenvalue weighted by atomic mass is 10.1. The van der Waals surface area contributed by atoms with E-state index in [1.807, 2.05) is 56.3 Å². The smallest absolute Gasteiger partial charge is 0.191 e. The van der Waals surface area contributed by atoms with Crippen molar-refractivity contribution in [2.24, 2.45) is 4.99 Å². The summed E-state index contributed by atoms with van der Waals surface area (Å²) in [7, 11) is 0. The molecular weight excluding hydrogens is 300 g/mol. The van der Waals surface area contributed by atoms with E-state index < -0.39 is 6.10 Å². The Morgan fingerprint density at radius 1 is 1.17 bits per heavy atom. The first kappa shape index (κ1) is 17.9. The van der Waals surface area contributed by atoms with Gasteiger partial charge in [-0.25, -0.2) is 0 Å². The molecule has 0 bridgehead atoms. The van der Waals surface area contributed by atoms with Crippen LogP contribution in [0.15, 0.2) is 53.7 Å². The number of guanidine groups is 1. The Morgan fingerprint density at radius 3 is 2.62 bits per heavy atom. The first-order chi connectivity index (χ1) is 11.7. The Bertz CT molecular complexity index is 626. The maximum atomic E-state index is 10.3. The van der Waals surface area contributed by atoms with Crippen LogP contribution in [0.25, 0.3) is 0 Å². The van der Waals surface area contributed by atoms with Gasteiger partial charge >= 0.3 is 0 Å². The van der Waals surface area contributed by atoms with Gasteiger partial charge in [0.25, 0.3) is 0 Å². The number of aromatic nitrogens is 1. The van der Waals surface area contributed by atoms with Crippen molar-refractivity contribution >= 4 is 5.96 Å². The number of nitrogens with one attached hydrogen (secondary N) is 2. The lowest BCUT2D eigenvalue weighted by molar-refractivity contribution is 0.187. The highest BCUT2D eigenvalue weighted by Crippen LogP contribution is 2.13. The Kier molecular flexibility index (Phi) is 7.23. The van der Waals surface area contributed by atoms with E-state index in [0.29, 0.717) is 12.5 Å². The third-order valence-electron chi connectivity index (χ3n) is 3.63. The minimum Gasteiger partial charge on any atom is -0.386 e. The van der Waals surface area contributed by atoms with Gasteiger partial charge in [-0.15, -0.1) is 0 Å². The standard InChI is InChI=1S/C19H26N4O/c1-3-20-19(22-13-11-17-6-4-5-12-21-17)23-14-18(24)16-9-7-15(2)8-10-16/h4-10,12,18,24H,3,11,13-14H2,1-2H3,(H2,20,22,23). The molecule has 0 radical (unpaired) electrons. The molecule has 1 aromatic heterocycles. The molecule has 5 heteroatoms. The number of benzene rings is 1. The second kappa shape index (κ2) is 9.67. The molecule has 1 heterocycles. The second-order valence-electron chi connectivity index (χ2n) is 5.64. The van der Waals surface area contributed by atoms with Gasteiger partial charge in [0, 0.05) is 31.4 Å². The van der Waals surface area contributed by atoms with E-state index >= 15 is 0 Å².